The highest BCUT2D eigenvalue weighted by molar-refractivity contribution is 5.89. The second kappa shape index (κ2) is 4.45. The van der Waals surface area contributed by atoms with Crippen molar-refractivity contribution in [1.82, 2.24) is 10.3 Å². The first-order chi connectivity index (χ1) is 6.18. The van der Waals surface area contributed by atoms with Gasteiger partial charge in [-0.25, -0.2) is 4.79 Å². The molecule has 0 spiro atoms. The van der Waals surface area contributed by atoms with Gasteiger partial charge in [-0.1, -0.05) is 0 Å². The van der Waals surface area contributed by atoms with Crippen LogP contribution in [0, 0.1) is 0 Å². The SMILES string of the molecule is CC(C)NC(=O)Nc1cccnc1. The second-order valence-corrected chi connectivity index (χ2v) is 2.99. The van der Waals surface area contributed by atoms with Crippen LogP contribution >= 0.6 is 0 Å². The first kappa shape index (κ1) is 9.51. The molecule has 1 aromatic heterocycles. The van der Waals surface area contributed by atoms with E-state index in [1.54, 1.807) is 24.5 Å². The average molecular weight is 179 g/mol. The van der Waals surface area contributed by atoms with Crippen LogP contribution in [-0.2, 0) is 0 Å². The van der Waals surface area contributed by atoms with Crippen molar-refractivity contribution in [2.24, 2.45) is 0 Å². The molecule has 0 bridgehead atoms. The largest absolute Gasteiger partial charge is 0.336 e. The van der Waals surface area contributed by atoms with Crippen LogP contribution in [0.15, 0.2) is 24.5 Å². The Balaban J connectivity index is 2.46. The maximum Gasteiger partial charge on any atom is 0.319 e. The lowest BCUT2D eigenvalue weighted by atomic mass is 10.4. The van der Waals surface area contributed by atoms with Crippen molar-refractivity contribution in [1.29, 1.82) is 0 Å². The Kier molecular flexibility index (Phi) is 3.25. The number of aromatic nitrogens is 1. The van der Waals surface area contributed by atoms with E-state index in [1.165, 1.54) is 0 Å². The standard InChI is InChI=1S/C9H13N3O/c1-7(2)11-9(13)12-8-4-3-5-10-6-8/h3-7H,1-2H3,(H2,11,12,13). The molecule has 1 heterocycles. The van der Waals surface area contributed by atoms with Gasteiger partial charge in [-0.3, -0.25) is 4.98 Å². The summed E-state index contributed by atoms with van der Waals surface area (Å²) >= 11 is 0. The zero-order chi connectivity index (χ0) is 9.68. The van der Waals surface area contributed by atoms with Crippen molar-refractivity contribution < 1.29 is 4.79 Å². The molecule has 4 nitrogen and oxygen atoms in total. The summed E-state index contributed by atoms with van der Waals surface area (Å²) in [5, 5.41) is 5.37. The van der Waals surface area contributed by atoms with Crippen molar-refractivity contribution >= 4 is 11.7 Å². The molecule has 0 radical (unpaired) electrons. The second-order valence-electron chi connectivity index (χ2n) is 2.99. The van der Waals surface area contributed by atoms with Gasteiger partial charge in [0, 0.05) is 12.2 Å². The molecule has 2 N–H and O–H groups in total. The van der Waals surface area contributed by atoms with E-state index >= 15 is 0 Å². The topological polar surface area (TPSA) is 54.0 Å². The van der Waals surface area contributed by atoms with Crippen molar-refractivity contribution in [3.8, 4) is 0 Å². The predicted octanol–water partition coefficient (Wildman–Crippen LogP) is 1.61. The van der Waals surface area contributed by atoms with Gasteiger partial charge in [-0.2, -0.15) is 0 Å². The van der Waals surface area contributed by atoms with Gasteiger partial charge in [0.25, 0.3) is 0 Å². The molecule has 0 saturated carbocycles. The number of rotatable bonds is 2. The molecule has 0 aliphatic heterocycles. The number of carbonyl (C=O) groups excluding carboxylic acids is 1. The van der Waals surface area contributed by atoms with Crippen LogP contribution < -0.4 is 10.6 Å². The van der Waals surface area contributed by atoms with Crippen LogP contribution in [0.2, 0.25) is 0 Å². The Morgan fingerprint density at radius 2 is 2.31 bits per heavy atom. The third-order valence-electron chi connectivity index (χ3n) is 1.34. The van der Waals surface area contributed by atoms with Crippen molar-refractivity contribution in [2.45, 2.75) is 19.9 Å². The molecule has 0 atom stereocenters. The van der Waals surface area contributed by atoms with Crippen LogP contribution in [0.1, 0.15) is 13.8 Å². The summed E-state index contributed by atoms with van der Waals surface area (Å²) in [7, 11) is 0. The molecule has 0 aromatic carbocycles. The minimum atomic E-state index is -0.206. The number of hydrogen-bond acceptors (Lipinski definition) is 2. The fourth-order valence-electron chi connectivity index (χ4n) is 0.866. The fourth-order valence-corrected chi connectivity index (χ4v) is 0.866. The predicted molar refractivity (Wildman–Crippen MR) is 51.5 cm³/mol. The third-order valence-corrected chi connectivity index (χ3v) is 1.34. The van der Waals surface area contributed by atoms with Gasteiger partial charge in [-0.05, 0) is 26.0 Å². The van der Waals surface area contributed by atoms with Gasteiger partial charge in [-0.15, -0.1) is 0 Å². The van der Waals surface area contributed by atoms with E-state index in [2.05, 4.69) is 15.6 Å². The average Bonchev–Trinajstić information content (AvgIpc) is 2.04. The lowest BCUT2D eigenvalue weighted by Crippen LogP contribution is -2.34. The van der Waals surface area contributed by atoms with E-state index in [9.17, 15) is 4.79 Å². The summed E-state index contributed by atoms with van der Waals surface area (Å²) in [6.07, 6.45) is 3.26. The van der Waals surface area contributed by atoms with Gasteiger partial charge < -0.3 is 10.6 Å². The van der Waals surface area contributed by atoms with Crippen LogP contribution in [0.25, 0.3) is 0 Å². The quantitative estimate of drug-likeness (QED) is 0.724. The molecule has 0 fully saturated rings. The Labute approximate surface area is 77.4 Å². The monoisotopic (exact) mass is 179 g/mol. The Morgan fingerprint density at radius 1 is 1.54 bits per heavy atom. The normalized spacial score (nSPS) is 9.77. The summed E-state index contributed by atoms with van der Waals surface area (Å²) in [5.41, 5.74) is 0.695. The molecular weight excluding hydrogens is 166 g/mol. The van der Waals surface area contributed by atoms with Gasteiger partial charge in [0.05, 0.1) is 11.9 Å². The number of nitrogens with zero attached hydrogens (tertiary/aromatic N) is 1. The molecule has 0 saturated heterocycles. The summed E-state index contributed by atoms with van der Waals surface area (Å²) < 4.78 is 0. The number of carbonyl (C=O) groups is 1. The molecule has 0 unspecified atom stereocenters. The number of amides is 2. The van der Waals surface area contributed by atoms with Crippen LogP contribution in [0.4, 0.5) is 10.5 Å². The van der Waals surface area contributed by atoms with Gasteiger partial charge in [0.2, 0.25) is 0 Å². The number of nitrogens with one attached hydrogen (secondary N) is 2. The summed E-state index contributed by atoms with van der Waals surface area (Å²) in [6, 6.07) is 3.48. The minimum absolute atomic E-state index is 0.136. The van der Waals surface area contributed by atoms with E-state index in [1.807, 2.05) is 13.8 Å². The number of pyridine rings is 1. The highest BCUT2D eigenvalue weighted by Crippen LogP contribution is 2.01. The molecule has 1 aromatic rings. The van der Waals surface area contributed by atoms with Crippen molar-refractivity contribution in [3.63, 3.8) is 0 Å². The zero-order valence-electron chi connectivity index (χ0n) is 7.74. The van der Waals surface area contributed by atoms with E-state index in [-0.39, 0.29) is 12.1 Å². The maximum absolute atomic E-state index is 11.2. The lowest BCUT2D eigenvalue weighted by Gasteiger charge is -2.09. The summed E-state index contributed by atoms with van der Waals surface area (Å²) in [6.45, 7) is 3.81. The van der Waals surface area contributed by atoms with Gasteiger partial charge in [0.1, 0.15) is 0 Å². The van der Waals surface area contributed by atoms with Crippen molar-refractivity contribution in [3.05, 3.63) is 24.5 Å². The highest BCUT2D eigenvalue weighted by Gasteiger charge is 2.01. The summed E-state index contributed by atoms with van der Waals surface area (Å²) in [4.78, 5) is 15.0. The molecule has 1 rings (SSSR count). The Hall–Kier alpha value is -1.58. The van der Waals surface area contributed by atoms with E-state index in [4.69, 9.17) is 0 Å². The maximum atomic E-state index is 11.2. The number of hydrogen-bond donors (Lipinski definition) is 2. The third kappa shape index (κ3) is 3.55. The lowest BCUT2D eigenvalue weighted by molar-refractivity contribution is 0.250. The van der Waals surface area contributed by atoms with Crippen LogP contribution in [0.5, 0.6) is 0 Å². The Bertz CT molecular complexity index is 271. The highest BCUT2D eigenvalue weighted by atomic mass is 16.2. The molecule has 0 aliphatic rings. The fraction of sp³-hybridized carbons (Fsp3) is 0.333. The molecule has 4 heteroatoms. The van der Waals surface area contributed by atoms with E-state index in [0.717, 1.165) is 0 Å². The zero-order valence-corrected chi connectivity index (χ0v) is 7.74. The van der Waals surface area contributed by atoms with E-state index in [0.29, 0.717) is 5.69 Å². The molecule has 0 aliphatic carbocycles. The first-order valence-corrected chi connectivity index (χ1v) is 4.16. The van der Waals surface area contributed by atoms with Gasteiger partial charge >= 0.3 is 6.03 Å². The Morgan fingerprint density at radius 3 is 2.85 bits per heavy atom. The number of urea groups is 1. The number of anilines is 1. The molecular formula is C9H13N3O. The van der Waals surface area contributed by atoms with Crippen molar-refractivity contribution in [2.75, 3.05) is 5.32 Å². The molecule has 70 valence electrons. The smallest absolute Gasteiger partial charge is 0.319 e. The molecule has 13 heavy (non-hydrogen) atoms. The van der Waals surface area contributed by atoms with Crippen LogP contribution in [0.3, 0.4) is 0 Å². The molecule has 2 amide bonds. The van der Waals surface area contributed by atoms with Crippen LogP contribution in [-0.4, -0.2) is 17.1 Å². The van der Waals surface area contributed by atoms with Gasteiger partial charge in [0.15, 0.2) is 0 Å². The minimum Gasteiger partial charge on any atom is -0.336 e. The summed E-state index contributed by atoms with van der Waals surface area (Å²) in [5.74, 6) is 0. The first-order valence-electron chi connectivity index (χ1n) is 4.16. The van der Waals surface area contributed by atoms with E-state index < -0.39 is 0 Å².